The number of fused-ring (bicyclic) bond motifs is 1. The summed E-state index contributed by atoms with van der Waals surface area (Å²) in [7, 11) is 0. The van der Waals surface area contributed by atoms with Crippen molar-refractivity contribution in [3.63, 3.8) is 0 Å². The summed E-state index contributed by atoms with van der Waals surface area (Å²) in [6.45, 7) is 3.89. The van der Waals surface area contributed by atoms with Gasteiger partial charge in [-0.1, -0.05) is 36.0 Å². The molecule has 0 saturated carbocycles. The van der Waals surface area contributed by atoms with Crippen molar-refractivity contribution in [2.45, 2.75) is 18.9 Å². The first-order valence-electron chi connectivity index (χ1n) is 6.81. The average Bonchev–Trinajstić information content (AvgIpc) is 2.83. The van der Waals surface area contributed by atoms with Gasteiger partial charge in [0.25, 0.3) is 0 Å². The van der Waals surface area contributed by atoms with Crippen LogP contribution in [0.5, 0.6) is 0 Å². The Morgan fingerprint density at radius 1 is 1.19 bits per heavy atom. The predicted molar refractivity (Wildman–Crippen MR) is 87.1 cm³/mol. The van der Waals surface area contributed by atoms with Crippen LogP contribution in [0.25, 0.3) is 10.9 Å². The Morgan fingerprint density at radius 2 is 2.00 bits per heavy atom. The molecule has 2 heterocycles. The number of rotatable bonds is 4. The topological polar surface area (TPSA) is 45.8 Å². The number of aromatic nitrogens is 2. The number of benzene rings is 1. The fraction of sp³-hybridized carbons (Fsp3) is 0.176. The van der Waals surface area contributed by atoms with Crippen LogP contribution in [-0.2, 0) is 0 Å². The molecule has 3 nitrogen and oxygen atoms in total. The molecule has 1 N–H and O–H groups in total. The van der Waals surface area contributed by atoms with Crippen LogP contribution < -0.4 is 0 Å². The van der Waals surface area contributed by atoms with Crippen LogP contribution in [0.3, 0.4) is 0 Å². The number of H-pyrrole nitrogens is 1. The molecule has 0 radical (unpaired) electrons. The van der Waals surface area contributed by atoms with Crippen LogP contribution in [0.15, 0.2) is 47.5 Å². The molecule has 21 heavy (non-hydrogen) atoms. The number of hydrogen-bond donors (Lipinski definition) is 1. The van der Waals surface area contributed by atoms with E-state index in [1.807, 2.05) is 56.3 Å². The predicted octanol–water partition coefficient (Wildman–Crippen LogP) is 4.15. The number of aryl methyl sites for hydroxylation is 2. The Morgan fingerprint density at radius 3 is 2.76 bits per heavy atom. The fourth-order valence-corrected chi connectivity index (χ4v) is 3.12. The molecular formula is C17H16N2OS. The second kappa shape index (κ2) is 5.74. The highest BCUT2D eigenvalue weighted by Gasteiger charge is 2.12. The van der Waals surface area contributed by atoms with E-state index < -0.39 is 0 Å². The molecule has 3 aromatic rings. The van der Waals surface area contributed by atoms with Gasteiger partial charge in [0.15, 0.2) is 5.78 Å². The van der Waals surface area contributed by atoms with Crippen LogP contribution >= 0.6 is 11.8 Å². The number of nitrogens with zero attached hydrogens (tertiary/aromatic N) is 1. The average molecular weight is 296 g/mol. The molecule has 0 aliphatic rings. The monoisotopic (exact) mass is 296 g/mol. The third kappa shape index (κ3) is 3.00. The molecule has 2 aromatic heterocycles. The van der Waals surface area contributed by atoms with Gasteiger partial charge in [-0.15, -0.1) is 0 Å². The highest BCUT2D eigenvalue weighted by atomic mass is 32.2. The molecule has 0 fully saturated rings. The minimum absolute atomic E-state index is 0.136. The number of carbonyl (C=O) groups excluding carboxylic acids is 1. The van der Waals surface area contributed by atoms with E-state index in [1.165, 1.54) is 11.8 Å². The number of thioether (sulfide) groups is 1. The van der Waals surface area contributed by atoms with Gasteiger partial charge in [-0.05, 0) is 32.0 Å². The smallest absolute Gasteiger partial charge is 0.174 e. The van der Waals surface area contributed by atoms with Crippen molar-refractivity contribution in [2.75, 3.05) is 5.75 Å². The first kappa shape index (κ1) is 13.9. The minimum atomic E-state index is 0.136. The number of hydrogen-bond acceptors (Lipinski definition) is 3. The summed E-state index contributed by atoms with van der Waals surface area (Å²) in [6, 6.07) is 13.9. The summed E-state index contributed by atoms with van der Waals surface area (Å²) in [4.78, 5) is 20.0. The van der Waals surface area contributed by atoms with Crippen molar-refractivity contribution < 1.29 is 4.79 Å². The van der Waals surface area contributed by atoms with Crippen LogP contribution in [0.1, 0.15) is 21.7 Å². The molecule has 0 spiro atoms. The summed E-state index contributed by atoms with van der Waals surface area (Å²) in [6.07, 6.45) is 0. The van der Waals surface area contributed by atoms with Crippen molar-refractivity contribution in [1.29, 1.82) is 0 Å². The number of Topliss-reactive ketones (excluding diaryl/α,β-unsaturated/α-hetero) is 1. The molecular weight excluding hydrogens is 280 g/mol. The lowest BCUT2D eigenvalue weighted by Crippen LogP contribution is -2.03. The van der Waals surface area contributed by atoms with E-state index in [0.717, 1.165) is 32.9 Å². The zero-order valence-electron chi connectivity index (χ0n) is 12.0. The summed E-state index contributed by atoms with van der Waals surface area (Å²) in [5, 5.41) is 2.00. The lowest BCUT2D eigenvalue weighted by atomic mass is 10.2. The molecule has 0 unspecified atom stereocenters. The van der Waals surface area contributed by atoms with Crippen molar-refractivity contribution in [2.24, 2.45) is 0 Å². The molecule has 4 heteroatoms. The Kier molecular flexibility index (Phi) is 3.80. The zero-order valence-corrected chi connectivity index (χ0v) is 12.8. The molecule has 106 valence electrons. The Bertz CT molecular complexity index is 807. The molecule has 1 aromatic carbocycles. The highest BCUT2D eigenvalue weighted by molar-refractivity contribution is 7.99. The van der Waals surface area contributed by atoms with Crippen LogP contribution in [0.2, 0.25) is 0 Å². The van der Waals surface area contributed by atoms with E-state index in [4.69, 9.17) is 0 Å². The van der Waals surface area contributed by atoms with Gasteiger partial charge >= 0.3 is 0 Å². The fourth-order valence-electron chi connectivity index (χ4n) is 2.36. The second-order valence-electron chi connectivity index (χ2n) is 5.05. The lowest BCUT2D eigenvalue weighted by Gasteiger charge is -2.02. The number of ketones is 1. The maximum Gasteiger partial charge on any atom is 0.174 e. The van der Waals surface area contributed by atoms with Gasteiger partial charge < -0.3 is 4.98 Å². The summed E-state index contributed by atoms with van der Waals surface area (Å²) in [5.74, 6) is 0.542. The Balaban J connectivity index is 1.74. The van der Waals surface area contributed by atoms with Crippen molar-refractivity contribution in [3.05, 3.63) is 59.4 Å². The highest BCUT2D eigenvalue weighted by Crippen LogP contribution is 2.21. The first-order valence-corrected chi connectivity index (χ1v) is 7.80. The lowest BCUT2D eigenvalue weighted by molar-refractivity contribution is 0.102. The van der Waals surface area contributed by atoms with E-state index >= 15 is 0 Å². The van der Waals surface area contributed by atoms with Crippen LogP contribution in [-0.4, -0.2) is 21.5 Å². The van der Waals surface area contributed by atoms with Gasteiger partial charge in [0, 0.05) is 22.3 Å². The van der Waals surface area contributed by atoms with E-state index in [1.54, 1.807) is 0 Å². The number of aromatic amines is 1. The third-order valence-corrected chi connectivity index (χ3v) is 4.30. The summed E-state index contributed by atoms with van der Waals surface area (Å²) in [5.41, 5.74) is 3.69. The quantitative estimate of drug-likeness (QED) is 0.581. The van der Waals surface area contributed by atoms with Gasteiger partial charge in [-0.2, -0.15) is 0 Å². The van der Waals surface area contributed by atoms with Gasteiger partial charge in [0.05, 0.1) is 16.3 Å². The Labute approximate surface area is 127 Å². The van der Waals surface area contributed by atoms with Crippen LogP contribution in [0.4, 0.5) is 0 Å². The van der Waals surface area contributed by atoms with Gasteiger partial charge in [-0.25, -0.2) is 4.98 Å². The van der Waals surface area contributed by atoms with Crippen molar-refractivity contribution >= 4 is 28.4 Å². The van der Waals surface area contributed by atoms with E-state index in [9.17, 15) is 4.79 Å². The maximum absolute atomic E-state index is 12.2. The normalized spacial score (nSPS) is 11.0. The zero-order chi connectivity index (χ0) is 14.8. The van der Waals surface area contributed by atoms with Crippen LogP contribution in [0, 0.1) is 13.8 Å². The first-order chi connectivity index (χ1) is 10.1. The number of para-hydroxylation sites is 1. The van der Waals surface area contributed by atoms with Gasteiger partial charge in [0.2, 0.25) is 0 Å². The van der Waals surface area contributed by atoms with Gasteiger partial charge in [-0.3, -0.25) is 4.79 Å². The molecule has 3 rings (SSSR count). The molecule has 0 bridgehead atoms. The van der Waals surface area contributed by atoms with Crippen molar-refractivity contribution in [3.8, 4) is 0 Å². The number of carbonyl (C=O) groups is 1. The summed E-state index contributed by atoms with van der Waals surface area (Å²) < 4.78 is 0. The second-order valence-corrected chi connectivity index (χ2v) is 6.04. The largest absolute Gasteiger partial charge is 0.362 e. The standard InChI is InChI=1S/C17H16N2OS/c1-11-9-14(12(2)18-11)16(20)10-21-17-8-7-13-5-3-4-6-15(13)19-17/h3-9,18H,10H2,1-2H3. The van der Waals surface area contributed by atoms with Crippen molar-refractivity contribution in [1.82, 2.24) is 9.97 Å². The molecule has 0 amide bonds. The number of nitrogens with one attached hydrogen (secondary N) is 1. The molecule has 0 saturated heterocycles. The third-order valence-electron chi connectivity index (χ3n) is 3.37. The molecule has 0 atom stereocenters. The minimum Gasteiger partial charge on any atom is -0.362 e. The maximum atomic E-state index is 12.2. The van der Waals surface area contributed by atoms with Gasteiger partial charge in [0.1, 0.15) is 0 Å². The molecule has 0 aliphatic carbocycles. The Hall–Kier alpha value is -2.07. The molecule has 0 aliphatic heterocycles. The SMILES string of the molecule is Cc1cc(C(=O)CSc2ccc3ccccc3n2)c(C)[nH]1. The van der Waals surface area contributed by atoms with E-state index in [0.29, 0.717) is 5.75 Å². The van der Waals surface area contributed by atoms with E-state index in [2.05, 4.69) is 9.97 Å². The summed E-state index contributed by atoms with van der Waals surface area (Å²) >= 11 is 1.48. The number of pyridine rings is 1. The van der Waals surface area contributed by atoms with E-state index in [-0.39, 0.29) is 5.78 Å².